The van der Waals surface area contributed by atoms with Crippen LogP contribution in [0.3, 0.4) is 0 Å². The number of alkyl halides is 3. The molecule has 2 aromatic carbocycles. The lowest BCUT2D eigenvalue weighted by Crippen LogP contribution is -2.17. The van der Waals surface area contributed by atoms with Crippen molar-refractivity contribution in [2.45, 2.75) is 18.2 Å². The molecule has 1 amide bonds. The third-order valence-corrected chi connectivity index (χ3v) is 3.91. The summed E-state index contributed by atoms with van der Waals surface area (Å²) in [7, 11) is 0. The van der Waals surface area contributed by atoms with E-state index in [4.69, 9.17) is 9.84 Å². The Morgan fingerprint density at radius 1 is 1.19 bits per heavy atom. The number of nitrogens with one attached hydrogen (secondary N) is 2. The van der Waals surface area contributed by atoms with Gasteiger partial charge in [0.15, 0.2) is 0 Å². The van der Waals surface area contributed by atoms with E-state index in [0.29, 0.717) is 28.6 Å². The molecule has 0 unspecified atom stereocenters. The summed E-state index contributed by atoms with van der Waals surface area (Å²) < 4.78 is 49.2. The Kier molecular flexibility index (Phi) is 7.19. The van der Waals surface area contributed by atoms with Crippen molar-refractivity contribution in [1.82, 2.24) is 0 Å². The van der Waals surface area contributed by atoms with Crippen LogP contribution in [0.5, 0.6) is 11.5 Å². The van der Waals surface area contributed by atoms with Crippen molar-refractivity contribution in [1.29, 1.82) is 0 Å². The molecule has 0 atom stereocenters. The van der Waals surface area contributed by atoms with Crippen LogP contribution in [-0.4, -0.2) is 30.6 Å². The number of anilines is 2. The Hall–Kier alpha value is -2.59. The van der Waals surface area contributed by atoms with Crippen LogP contribution in [0.4, 0.5) is 24.5 Å². The summed E-state index contributed by atoms with van der Waals surface area (Å²) in [4.78, 5) is 11.9. The van der Waals surface area contributed by atoms with Crippen LogP contribution in [0.2, 0.25) is 0 Å². The van der Waals surface area contributed by atoms with Gasteiger partial charge in [0.1, 0.15) is 18.1 Å². The average Bonchev–Trinajstić information content (AvgIpc) is 2.60. The largest absolute Gasteiger partial charge is 0.573 e. The summed E-state index contributed by atoms with van der Waals surface area (Å²) in [6.45, 7) is 1.52. The first kappa shape index (κ1) is 20.7. The van der Waals surface area contributed by atoms with Gasteiger partial charge >= 0.3 is 6.36 Å². The van der Waals surface area contributed by atoms with E-state index >= 15 is 0 Å². The minimum Gasteiger partial charge on any atom is -0.493 e. The summed E-state index contributed by atoms with van der Waals surface area (Å²) in [6, 6.07) is 10.3. The van der Waals surface area contributed by atoms with Gasteiger partial charge in [0.05, 0.1) is 11.5 Å². The maximum atomic E-state index is 12.3. The quantitative estimate of drug-likeness (QED) is 0.579. The molecule has 146 valence electrons. The van der Waals surface area contributed by atoms with Crippen molar-refractivity contribution in [3.8, 4) is 11.5 Å². The summed E-state index contributed by atoms with van der Waals surface area (Å²) in [5, 5.41) is 11.3. The molecule has 3 N–H and O–H groups in total. The van der Waals surface area contributed by atoms with Gasteiger partial charge in [-0.1, -0.05) is 6.07 Å². The minimum atomic E-state index is -4.76. The Balaban J connectivity index is 2.10. The smallest absolute Gasteiger partial charge is 0.493 e. The van der Waals surface area contributed by atoms with Gasteiger partial charge < -0.3 is 24.6 Å². The lowest BCUT2D eigenvalue weighted by atomic mass is 10.3. The first-order chi connectivity index (χ1) is 12.8. The summed E-state index contributed by atoms with van der Waals surface area (Å²) in [5.74, 6) is -0.425. The van der Waals surface area contributed by atoms with Crippen LogP contribution in [0, 0.1) is 0 Å². The number of hydrogen-bond donors (Lipinski definition) is 3. The van der Waals surface area contributed by atoms with Crippen LogP contribution >= 0.6 is 11.9 Å². The van der Waals surface area contributed by atoms with Crippen molar-refractivity contribution in [2.75, 3.05) is 23.3 Å². The van der Waals surface area contributed by atoms with Crippen molar-refractivity contribution < 1.29 is 32.5 Å². The number of hydrogen-bond acceptors (Lipinski definition) is 6. The van der Waals surface area contributed by atoms with E-state index in [1.807, 2.05) is 0 Å². The zero-order valence-electron chi connectivity index (χ0n) is 14.2. The van der Waals surface area contributed by atoms with Crippen LogP contribution in [0.1, 0.15) is 6.92 Å². The topological polar surface area (TPSA) is 79.8 Å². The Morgan fingerprint density at radius 2 is 1.96 bits per heavy atom. The number of rotatable bonds is 8. The van der Waals surface area contributed by atoms with Gasteiger partial charge in [0.25, 0.3) is 0 Å². The highest BCUT2D eigenvalue weighted by Crippen LogP contribution is 2.34. The maximum absolute atomic E-state index is 12.3. The fourth-order valence-corrected chi connectivity index (χ4v) is 2.72. The number of ether oxygens (including phenoxy) is 2. The number of aliphatic hydroxyl groups excluding tert-OH is 1. The van der Waals surface area contributed by atoms with Crippen molar-refractivity contribution in [3.63, 3.8) is 0 Å². The fraction of sp³-hybridized carbons (Fsp3) is 0.235. The highest BCUT2D eigenvalue weighted by Gasteiger charge is 2.31. The van der Waals surface area contributed by atoms with E-state index in [1.165, 1.54) is 18.2 Å². The van der Waals surface area contributed by atoms with E-state index in [0.717, 1.165) is 11.9 Å². The molecule has 0 heterocycles. The zero-order valence-corrected chi connectivity index (χ0v) is 15.0. The number of aliphatic hydroxyl groups is 1. The lowest BCUT2D eigenvalue weighted by molar-refractivity contribution is -0.274. The molecule has 0 saturated heterocycles. The molecule has 0 aliphatic heterocycles. The standard InChI is InChI=1S/C17H17F3N2O4S/c1-2-25-14-9-11(21-16(24)10-23)6-7-15(14)27-22-12-4-3-5-13(8-12)26-17(18,19)20/h3-9,22-23H,2,10H2,1H3,(H,21,24). The van der Waals surface area contributed by atoms with Gasteiger partial charge in [-0.2, -0.15) is 0 Å². The van der Waals surface area contributed by atoms with E-state index in [2.05, 4.69) is 14.8 Å². The van der Waals surface area contributed by atoms with Gasteiger partial charge in [-0.3, -0.25) is 4.79 Å². The predicted molar refractivity (Wildman–Crippen MR) is 95.9 cm³/mol. The SMILES string of the molecule is CCOc1cc(NC(=O)CO)ccc1SNc1cccc(OC(F)(F)F)c1. The molecule has 0 spiro atoms. The van der Waals surface area contributed by atoms with E-state index < -0.39 is 18.9 Å². The van der Waals surface area contributed by atoms with Crippen LogP contribution in [-0.2, 0) is 4.79 Å². The average molecular weight is 402 g/mol. The number of carbonyl (C=O) groups is 1. The highest BCUT2D eigenvalue weighted by molar-refractivity contribution is 8.00. The molecule has 2 aromatic rings. The maximum Gasteiger partial charge on any atom is 0.573 e. The second kappa shape index (κ2) is 9.38. The Bertz CT molecular complexity index is 787. The molecule has 6 nitrogen and oxygen atoms in total. The van der Waals surface area contributed by atoms with Gasteiger partial charge in [0.2, 0.25) is 5.91 Å². The highest BCUT2D eigenvalue weighted by atomic mass is 32.2. The minimum absolute atomic E-state index is 0.333. The van der Waals surface area contributed by atoms with Crippen molar-refractivity contribution in [2.24, 2.45) is 0 Å². The normalized spacial score (nSPS) is 11.0. The van der Waals surface area contributed by atoms with Gasteiger partial charge in [-0.05, 0) is 43.1 Å². The van der Waals surface area contributed by atoms with Gasteiger partial charge in [0, 0.05) is 23.5 Å². The molecular formula is C17H17F3N2O4S. The third-order valence-electron chi connectivity index (χ3n) is 3.02. The van der Waals surface area contributed by atoms with Crippen LogP contribution in [0.15, 0.2) is 47.4 Å². The molecule has 0 bridgehead atoms. The molecule has 10 heteroatoms. The third kappa shape index (κ3) is 6.91. The van der Waals surface area contributed by atoms with Crippen molar-refractivity contribution >= 4 is 29.2 Å². The van der Waals surface area contributed by atoms with Crippen LogP contribution < -0.4 is 19.5 Å². The molecule has 0 aromatic heterocycles. The molecule has 0 radical (unpaired) electrons. The number of carbonyl (C=O) groups excluding carboxylic acids is 1. The zero-order chi connectivity index (χ0) is 19.9. The molecule has 0 saturated carbocycles. The fourth-order valence-electron chi connectivity index (χ4n) is 2.01. The summed E-state index contributed by atoms with van der Waals surface area (Å²) in [5.41, 5.74) is 0.851. The second-order valence-electron chi connectivity index (χ2n) is 5.08. The molecule has 0 aliphatic carbocycles. The molecule has 27 heavy (non-hydrogen) atoms. The molecular weight excluding hydrogens is 385 g/mol. The van der Waals surface area contributed by atoms with Gasteiger partial charge in [-0.25, -0.2) is 0 Å². The summed E-state index contributed by atoms with van der Waals surface area (Å²) in [6.07, 6.45) is -4.76. The second-order valence-corrected chi connectivity index (χ2v) is 5.93. The molecule has 0 fully saturated rings. The lowest BCUT2D eigenvalue weighted by Gasteiger charge is -2.14. The van der Waals surface area contributed by atoms with Gasteiger partial charge in [-0.15, -0.1) is 13.2 Å². The monoisotopic (exact) mass is 402 g/mol. The number of benzene rings is 2. The summed E-state index contributed by atoms with van der Waals surface area (Å²) >= 11 is 1.13. The number of amides is 1. The Labute approximate surface area is 157 Å². The van der Waals surface area contributed by atoms with E-state index in [1.54, 1.807) is 31.2 Å². The van der Waals surface area contributed by atoms with E-state index in [9.17, 15) is 18.0 Å². The first-order valence-electron chi connectivity index (χ1n) is 7.77. The van der Waals surface area contributed by atoms with E-state index in [-0.39, 0.29) is 5.75 Å². The first-order valence-corrected chi connectivity index (χ1v) is 8.58. The molecule has 0 aliphatic rings. The van der Waals surface area contributed by atoms with Crippen LogP contribution in [0.25, 0.3) is 0 Å². The predicted octanol–water partition coefficient (Wildman–Crippen LogP) is 4.03. The molecule has 2 rings (SSSR count). The Morgan fingerprint density at radius 3 is 2.63 bits per heavy atom. The number of halogens is 3. The van der Waals surface area contributed by atoms with Crippen molar-refractivity contribution in [3.05, 3.63) is 42.5 Å².